The highest BCUT2D eigenvalue weighted by molar-refractivity contribution is 6.84. The summed E-state index contributed by atoms with van der Waals surface area (Å²) < 4.78 is 14.2. The third-order valence-electron chi connectivity index (χ3n) is 6.15. The molecule has 0 bridgehead atoms. The van der Waals surface area contributed by atoms with Crippen molar-refractivity contribution in [2.45, 2.75) is 136 Å². The third-order valence-corrected chi connectivity index (χ3v) is 16.1. The SMILES string of the molecule is CCC[Si](CCC)(CCC)OB(CC(C#N)CC)O[Si](CCC)(CCC)CCC. The van der Waals surface area contributed by atoms with Gasteiger partial charge < -0.3 is 8.69 Å². The van der Waals surface area contributed by atoms with Crippen LogP contribution in [-0.2, 0) is 8.69 Å². The van der Waals surface area contributed by atoms with Crippen LogP contribution in [0.25, 0.3) is 0 Å². The first-order valence-corrected chi connectivity index (χ1v) is 17.7. The summed E-state index contributed by atoms with van der Waals surface area (Å²) in [6, 6.07) is 9.86. The summed E-state index contributed by atoms with van der Waals surface area (Å²) >= 11 is 0. The predicted octanol–water partition coefficient (Wildman–Crippen LogP) is 8.41. The van der Waals surface area contributed by atoms with Crippen LogP contribution in [0.15, 0.2) is 0 Å². The van der Waals surface area contributed by atoms with Crippen molar-refractivity contribution in [3.05, 3.63) is 0 Å². The molecule has 0 saturated heterocycles. The van der Waals surface area contributed by atoms with E-state index in [0.29, 0.717) is 0 Å². The van der Waals surface area contributed by atoms with E-state index >= 15 is 0 Å². The zero-order valence-corrected chi connectivity index (χ0v) is 22.8. The Kier molecular flexibility index (Phi) is 16.5. The molecule has 0 aromatic rings. The molecule has 0 rings (SSSR count). The maximum absolute atomic E-state index is 9.65. The maximum atomic E-state index is 9.65. The van der Waals surface area contributed by atoms with Crippen LogP contribution in [0.2, 0.25) is 42.6 Å². The minimum Gasteiger partial charge on any atom is -0.453 e. The zero-order chi connectivity index (χ0) is 22.2. The van der Waals surface area contributed by atoms with E-state index in [1.165, 1.54) is 74.8 Å². The molecule has 1 unspecified atom stereocenters. The maximum Gasteiger partial charge on any atom is 0.436 e. The Hall–Kier alpha value is -0.0913. The first-order chi connectivity index (χ1) is 13.9. The molecule has 0 fully saturated rings. The van der Waals surface area contributed by atoms with E-state index < -0.39 is 16.6 Å². The van der Waals surface area contributed by atoms with Crippen molar-refractivity contribution in [3.8, 4) is 6.07 Å². The van der Waals surface area contributed by atoms with Gasteiger partial charge in [-0.15, -0.1) is 0 Å². The van der Waals surface area contributed by atoms with Crippen molar-refractivity contribution in [2.24, 2.45) is 5.92 Å². The zero-order valence-electron chi connectivity index (χ0n) is 20.8. The molecule has 6 heteroatoms. The van der Waals surface area contributed by atoms with Gasteiger partial charge in [0, 0.05) is 5.92 Å². The molecule has 3 nitrogen and oxygen atoms in total. The molecule has 0 aliphatic heterocycles. The second-order valence-corrected chi connectivity index (χ2v) is 17.2. The number of hydrogen-bond acceptors (Lipinski definition) is 3. The molecule has 0 N–H and O–H groups in total. The first kappa shape index (κ1) is 28.9. The summed E-state index contributed by atoms with van der Waals surface area (Å²) in [4.78, 5) is 0. The van der Waals surface area contributed by atoms with Gasteiger partial charge in [0.15, 0.2) is 16.6 Å². The summed E-state index contributed by atoms with van der Waals surface area (Å²) in [7, 11) is -3.82. The lowest BCUT2D eigenvalue weighted by molar-refractivity contribution is 0.382. The smallest absolute Gasteiger partial charge is 0.436 e. The lowest BCUT2D eigenvalue weighted by Crippen LogP contribution is -2.51. The molecule has 29 heavy (non-hydrogen) atoms. The average Bonchev–Trinajstić information content (AvgIpc) is 2.67. The standard InChI is InChI=1S/C23H50BNO2Si2/c1-8-15-28(16-9-2,17-10-3)26-24(21-23(14-7)22-25)27-29(18-11-4,19-12-5)20-13-6/h23H,8-21H2,1-7H3. The van der Waals surface area contributed by atoms with Gasteiger partial charge in [-0.05, 0) is 49.0 Å². The van der Waals surface area contributed by atoms with Gasteiger partial charge >= 0.3 is 7.12 Å². The van der Waals surface area contributed by atoms with Crippen molar-refractivity contribution in [1.29, 1.82) is 5.26 Å². The molecule has 0 heterocycles. The lowest BCUT2D eigenvalue weighted by Gasteiger charge is -2.40. The average molecular weight is 440 g/mol. The van der Waals surface area contributed by atoms with Gasteiger partial charge in [0.05, 0.1) is 6.07 Å². The molecule has 0 saturated carbocycles. The highest BCUT2D eigenvalue weighted by Gasteiger charge is 2.43. The van der Waals surface area contributed by atoms with Crippen LogP contribution >= 0.6 is 0 Å². The van der Waals surface area contributed by atoms with E-state index in [1.54, 1.807) is 0 Å². The van der Waals surface area contributed by atoms with Crippen molar-refractivity contribution >= 4 is 23.8 Å². The molecule has 0 amide bonds. The second kappa shape index (κ2) is 16.6. The van der Waals surface area contributed by atoms with E-state index in [1.807, 2.05) is 0 Å². The van der Waals surface area contributed by atoms with Crippen molar-refractivity contribution in [1.82, 2.24) is 0 Å². The predicted molar refractivity (Wildman–Crippen MR) is 134 cm³/mol. The molecule has 1 atom stereocenters. The molecular weight excluding hydrogens is 389 g/mol. The van der Waals surface area contributed by atoms with Crippen LogP contribution in [0.1, 0.15) is 93.4 Å². The fourth-order valence-corrected chi connectivity index (χ4v) is 14.2. The van der Waals surface area contributed by atoms with Crippen molar-refractivity contribution < 1.29 is 8.69 Å². The fraction of sp³-hybridized carbons (Fsp3) is 0.957. The Morgan fingerprint density at radius 1 is 0.655 bits per heavy atom. The van der Waals surface area contributed by atoms with E-state index in [2.05, 4.69) is 54.5 Å². The van der Waals surface area contributed by atoms with Crippen LogP contribution in [0.3, 0.4) is 0 Å². The molecule has 0 aliphatic rings. The normalized spacial score (nSPS) is 13.3. The lowest BCUT2D eigenvalue weighted by atomic mass is 9.78. The largest absolute Gasteiger partial charge is 0.453 e. The minimum atomic E-state index is -1.83. The number of rotatable bonds is 19. The Bertz CT molecular complexity index is 383. The molecule has 0 aliphatic carbocycles. The molecule has 0 radical (unpaired) electrons. The number of nitrogens with zero attached hydrogens (tertiary/aromatic N) is 1. The van der Waals surface area contributed by atoms with Gasteiger partial charge in [-0.2, -0.15) is 5.26 Å². The summed E-state index contributed by atoms with van der Waals surface area (Å²) in [5.41, 5.74) is 0. The van der Waals surface area contributed by atoms with E-state index in [0.717, 1.165) is 12.7 Å². The van der Waals surface area contributed by atoms with Crippen LogP contribution in [-0.4, -0.2) is 23.8 Å². The van der Waals surface area contributed by atoms with Crippen LogP contribution in [0.4, 0.5) is 0 Å². The van der Waals surface area contributed by atoms with Gasteiger partial charge in [0.1, 0.15) is 0 Å². The topological polar surface area (TPSA) is 42.2 Å². The summed E-state index contributed by atoms with van der Waals surface area (Å²) in [6.07, 6.45) is 8.78. The molecule has 0 aromatic heterocycles. The number of nitriles is 1. The minimum absolute atomic E-state index is 0.0353. The highest BCUT2D eigenvalue weighted by atomic mass is 28.4. The molecule has 170 valence electrons. The Morgan fingerprint density at radius 3 is 1.17 bits per heavy atom. The molecule has 0 aromatic carbocycles. The summed E-state index contributed by atoms with van der Waals surface area (Å²) in [6.45, 7) is 15.9. The van der Waals surface area contributed by atoms with Gasteiger partial charge in [-0.1, -0.05) is 87.0 Å². The summed E-state index contributed by atoms with van der Waals surface area (Å²) in [5.74, 6) is 0.0353. The van der Waals surface area contributed by atoms with Gasteiger partial charge in [-0.3, -0.25) is 0 Å². The van der Waals surface area contributed by atoms with E-state index in [-0.39, 0.29) is 13.0 Å². The second-order valence-electron chi connectivity index (χ2n) is 9.00. The van der Waals surface area contributed by atoms with Gasteiger partial charge in [-0.25, -0.2) is 0 Å². The van der Waals surface area contributed by atoms with Gasteiger partial charge in [0.2, 0.25) is 0 Å². The van der Waals surface area contributed by atoms with Crippen molar-refractivity contribution in [2.75, 3.05) is 0 Å². The summed E-state index contributed by atoms with van der Waals surface area (Å²) in [5, 5.41) is 9.65. The van der Waals surface area contributed by atoms with Gasteiger partial charge in [0.25, 0.3) is 0 Å². The van der Waals surface area contributed by atoms with Crippen molar-refractivity contribution in [3.63, 3.8) is 0 Å². The highest BCUT2D eigenvalue weighted by Crippen LogP contribution is 2.34. The third kappa shape index (κ3) is 10.7. The first-order valence-electron chi connectivity index (χ1n) is 12.7. The van der Waals surface area contributed by atoms with Crippen LogP contribution in [0.5, 0.6) is 0 Å². The quantitative estimate of drug-likeness (QED) is 0.190. The van der Waals surface area contributed by atoms with Crippen LogP contribution < -0.4 is 0 Å². The molecular formula is C23H50BNO2Si2. The Labute approximate surface area is 185 Å². The molecule has 0 spiro atoms. The Balaban J connectivity index is 5.87. The monoisotopic (exact) mass is 439 g/mol. The fourth-order valence-electron chi connectivity index (χ4n) is 5.06. The van der Waals surface area contributed by atoms with E-state index in [4.69, 9.17) is 8.69 Å². The van der Waals surface area contributed by atoms with Crippen LogP contribution in [0, 0.1) is 17.2 Å². The Morgan fingerprint density at radius 2 is 0.966 bits per heavy atom. The number of hydrogen-bond donors (Lipinski definition) is 0. The van der Waals surface area contributed by atoms with E-state index in [9.17, 15) is 5.26 Å².